The van der Waals surface area contributed by atoms with E-state index in [1.807, 2.05) is 0 Å². The maximum atomic E-state index is 11.8. The number of nitrogens with one attached hydrogen (secondary N) is 1. The van der Waals surface area contributed by atoms with Gasteiger partial charge in [0, 0.05) is 25.2 Å². The third-order valence-corrected chi connectivity index (χ3v) is 3.29. The molecule has 1 fully saturated rings. The molecule has 1 aliphatic rings. The Morgan fingerprint density at radius 2 is 2.17 bits per heavy atom. The van der Waals surface area contributed by atoms with Gasteiger partial charge < -0.3 is 14.5 Å². The normalized spacial score (nSPS) is 17.7. The number of hydrogen-bond acceptors (Lipinski definition) is 4. The molecular weight excluding hydrogens is 232 g/mol. The lowest BCUT2D eigenvalue weighted by atomic mass is 10.0. The largest absolute Gasteiger partial charge is 0.459 e. The first-order chi connectivity index (χ1) is 8.59. The van der Waals surface area contributed by atoms with Crippen LogP contribution >= 0.6 is 0 Å². The molecule has 1 amide bonds. The van der Waals surface area contributed by atoms with Gasteiger partial charge in [0.15, 0.2) is 5.76 Å². The van der Waals surface area contributed by atoms with Crippen LogP contribution in [0.25, 0.3) is 0 Å². The Morgan fingerprint density at radius 1 is 1.44 bits per heavy atom. The Bertz CT molecular complexity index is 381. The van der Waals surface area contributed by atoms with Gasteiger partial charge in [-0.05, 0) is 26.0 Å². The monoisotopic (exact) mass is 252 g/mol. The van der Waals surface area contributed by atoms with E-state index in [9.17, 15) is 4.79 Å². The van der Waals surface area contributed by atoms with Gasteiger partial charge in [0.1, 0.15) is 0 Å². The molecule has 100 valence electrons. The fourth-order valence-electron chi connectivity index (χ4n) is 2.07. The summed E-state index contributed by atoms with van der Waals surface area (Å²) in [6.07, 6.45) is 1.50. The average Bonchev–Trinajstić information content (AvgIpc) is 2.91. The van der Waals surface area contributed by atoms with Crippen molar-refractivity contribution in [1.29, 1.82) is 0 Å². The average molecular weight is 252 g/mol. The van der Waals surface area contributed by atoms with Gasteiger partial charge in [-0.25, -0.2) is 0 Å². The molecule has 1 aromatic rings. The van der Waals surface area contributed by atoms with Gasteiger partial charge in [-0.1, -0.05) is 0 Å². The SMILES string of the molecule is CC(C)(CNC(=O)c1ccco1)N1CCOCC1. The Kier molecular flexibility index (Phi) is 4.04. The van der Waals surface area contributed by atoms with Crippen LogP contribution in [0.4, 0.5) is 0 Å². The van der Waals surface area contributed by atoms with Crippen molar-refractivity contribution in [2.45, 2.75) is 19.4 Å². The van der Waals surface area contributed by atoms with Crippen LogP contribution in [0, 0.1) is 0 Å². The highest BCUT2D eigenvalue weighted by molar-refractivity contribution is 5.91. The molecule has 2 rings (SSSR count). The van der Waals surface area contributed by atoms with Crippen molar-refractivity contribution in [2.75, 3.05) is 32.8 Å². The number of hydrogen-bond donors (Lipinski definition) is 1. The highest BCUT2D eigenvalue weighted by Gasteiger charge is 2.28. The lowest BCUT2D eigenvalue weighted by molar-refractivity contribution is -0.00930. The molecule has 0 atom stereocenters. The van der Waals surface area contributed by atoms with Crippen molar-refractivity contribution in [1.82, 2.24) is 10.2 Å². The maximum absolute atomic E-state index is 11.8. The number of rotatable bonds is 4. The zero-order chi connectivity index (χ0) is 13.0. The summed E-state index contributed by atoms with van der Waals surface area (Å²) in [6.45, 7) is 8.17. The van der Waals surface area contributed by atoms with Gasteiger partial charge in [0.25, 0.3) is 5.91 Å². The van der Waals surface area contributed by atoms with Crippen LogP contribution in [0.3, 0.4) is 0 Å². The van der Waals surface area contributed by atoms with E-state index in [2.05, 4.69) is 24.1 Å². The molecule has 5 heteroatoms. The fourth-order valence-corrected chi connectivity index (χ4v) is 2.07. The zero-order valence-corrected chi connectivity index (χ0v) is 10.9. The molecule has 0 radical (unpaired) electrons. The number of carbonyl (C=O) groups excluding carboxylic acids is 1. The quantitative estimate of drug-likeness (QED) is 0.872. The van der Waals surface area contributed by atoms with Crippen LogP contribution in [-0.4, -0.2) is 49.2 Å². The van der Waals surface area contributed by atoms with Crippen molar-refractivity contribution in [3.63, 3.8) is 0 Å². The van der Waals surface area contributed by atoms with E-state index in [4.69, 9.17) is 9.15 Å². The second-order valence-electron chi connectivity index (χ2n) is 5.07. The van der Waals surface area contributed by atoms with E-state index >= 15 is 0 Å². The second-order valence-corrected chi connectivity index (χ2v) is 5.07. The summed E-state index contributed by atoms with van der Waals surface area (Å²) < 4.78 is 10.4. The van der Waals surface area contributed by atoms with Crippen LogP contribution in [0.15, 0.2) is 22.8 Å². The zero-order valence-electron chi connectivity index (χ0n) is 10.9. The molecule has 1 aromatic heterocycles. The molecule has 0 unspecified atom stereocenters. The molecule has 0 spiro atoms. The molecule has 0 aliphatic carbocycles. The van der Waals surface area contributed by atoms with Crippen LogP contribution in [0.1, 0.15) is 24.4 Å². The Labute approximate surface area is 107 Å². The summed E-state index contributed by atoms with van der Waals surface area (Å²) in [7, 11) is 0. The van der Waals surface area contributed by atoms with Gasteiger partial charge in [0.2, 0.25) is 0 Å². The topological polar surface area (TPSA) is 54.7 Å². The van der Waals surface area contributed by atoms with E-state index in [0.29, 0.717) is 12.3 Å². The first-order valence-corrected chi connectivity index (χ1v) is 6.24. The second kappa shape index (κ2) is 5.54. The molecule has 0 saturated carbocycles. The summed E-state index contributed by atoms with van der Waals surface area (Å²) in [5.41, 5.74) is -0.0773. The summed E-state index contributed by atoms with van der Waals surface area (Å²) in [4.78, 5) is 14.1. The van der Waals surface area contributed by atoms with Crippen molar-refractivity contribution >= 4 is 5.91 Å². The van der Waals surface area contributed by atoms with Gasteiger partial charge in [0.05, 0.1) is 19.5 Å². The van der Waals surface area contributed by atoms with Crippen LogP contribution in [0.2, 0.25) is 0 Å². The first kappa shape index (κ1) is 13.1. The molecule has 2 heterocycles. The van der Waals surface area contributed by atoms with E-state index in [1.54, 1.807) is 12.1 Å². The van der Waals surface area contributed by atoms with E-state index in [0.717, 1.165) is 26.3 Å². The lowest BCUT2D eigenvalue weighted by Gasteiger charge is -2.40. The van der Waals surface area contributed by atoms with Crippen molar-refractivity contribution in [2.24, 2.45) is 0 Å². The van der Waals surface area contributed by atoms with Crippen LogP contribution < -0.4 is 5.32 Å². The molecule has 0 aromatic carbocycles. The standard InChI is InChI=1S/C13H20N2O3/c1-13(2,15-5-8-17-9-6-15)10-14-12(16)11-4-3-7-18-11/h3-4,7H,5-6,8-10H2,1-2H3,(H,14,16). The molecular formula is C13H20N2O3. The lowest BCUT2D eigenvalue weighted by Crippen LogP contribution is -2.55. The summed E-state index contributed by atoms with van der Waals surface area (Å²) in [6, 6.07) is 3.37. The Morgan fingerprint density at radius 3 is 2.78 bits per heavy atom. The summed E-state index contributed by atoms with van der Waals surface area (Å²) in [5, 5.41) is 2.91. The Balaban J connectivity index is 1.86. The minimum absolute atomic E-state index is 0.0773. The van der Waals surface area contributed by atoms with Crippen molar-refractivity contribution in [3.05, 3.63) is 24.2 Å². The van der Waals surface area contributed by atoms with Gasteiger partial charge >= 0.3 is 0 Å². The number of amides is 1. The number of morpholine rings is 1. The fraction of sp³-hybridized carbons (Fsp3) is 0.615. The highest BCUT2D eigenvalue weighted by atomic mass is 16.5. The third-order valence-electron chi connectivity index (χ3n) is 3.29. The van der Waals surface area contributed by atoms with Gasteiger partial charge in [-0.15, -0.1) is 0 Å². The predicted octanol–water partition coefficient (Wildman–Crippen LogP) is 1.12. The molecule has 1 saturated heterocycles. The van der Waals surface area contributed by atoms with E-state index in [-0.39, 0.29) is 11.4 Å². The number of furan rings is 1. The molecule has 1 aliphatic heterocycles. The highest BCUT2D eigenvalue weighted by Crippen LogP contribution is 2.15. The minimum atomic E-state index is -0.165. The molecule has 5 nitrogen and oxygen atoms in total. The predicted molar refractivity (Wildman–Crippen MR) is 67.5 cm³/mol. The smallest absolute Gasteiger partial charge is 0.287 e. The minimum Gasteiger partial charge on any atom is -0.459 e. The summed E-state index contributed by atoms with van der Waals surface area (Å²) >= 11 is 0. The van der Waals surface area contributed by atoms with E-state index < -0.39 is 0 Å². The number of carbonyl (C=O) groups is 1. The van der Waals surface area contributed by atoms with Crippen LogP contribution in [-0.2, 0) is 4.74 Å². The van der Waals surface area contributed by atoms with Crippen molar-refractivity contribution < 1.29 is 13.9 Å². The summed E-state index contributed by atoms with van der Waals surface area (Å²) in [5.74, 6) is 0.189. The molecule has 18 heavy (non-hydrogen) atoms. The Hall–Kier alpha value is -1.33. The van der Waals surface area contributed by atoms with E-state index in [1.165, 1.54) is 6.26 Å². The third kappa shape index (κ3) is 3.11. The van der Waals surface area contributed by atoms with Crippen LogP contribution in [0.5, 0.6) is 0 Å². The maximum Gasteiger partial charge on any atom is 0.287 e. The number of ether oxygens (including phenoxy) is 1. The van der Waals surface area contributed by atoms with Gasteiger partial charge in [-0.3, -0.25) is 9.69 Å². The van der Waals surface area contributed by atoms with Crippen molar-refractivity contribution in [3.8, 4) is 0 Å². The molecule has 0 bridgehead atoms. The first-order valence-electron chi connectivity index (χ1n) is 6.24. The molecule has 1 N–H and O–H groups in total. The number of nitrogens with zero attached hydrogens (tertiary/aromatic N) is 1. The van der Waals surface area contributed by atoms with Gasteiger partial charge in [-0.2, -0.15) is 0 Å².